The third-order valence-corrected chi connectivity index (χ3v) is 0.915. The van der Waals surface area contributed by atoms with E-state index in [2.05, 4.69) is 17.2 Å². The van der Waals surface area contributed by atoms with Crippen LogP contribution in [0.5, 0.6) is 5.75 Å². The topological polar surface area (TPSA) is 22.1 Å². The SMILES string of the molecule is S=COc1cccnc1. The predicted octanol–water partition coefficient (Wildman–Crippen LogP) is 1.42. The Morgan fingerprint density at radius 2 is 2.56 bits per heavy atom. The molecule has 2 nitrogen and oxygen atoms in total. The van der Waals surface area contributed by atoms with Crippen molar-refractivity contribution in [2.24, 2.45) is 0 Å². The van der Waals surface area contributed by atoms with E-state index in [1.165, 1.54) is 5.55 Å². The Morgan fingerprint density at radius 1 is 1.67 bits per heavy atom. The Labute approximate surface area is 58.5 Å². The Hall–Kier alpha value is -0.960. The first-order valence-corrected chi connectivity index (χ1v) is 2.91. The van der Waals surface area contributed by atoms with E-state index in [-0.39, 0.29) is 0 Å². The minimum absolute atomic E-state index is 0.674. The number of hydrogen-bond acceptors (Lipinski definition) is 3. The van der Waals surface area contributed by atoms with Gasteiger partial charge >= 0.3 is 0 Å². The number of aromatic nitrogens is 1. The second-order valence-corrected chi connectivity index (χ2v) is 1.60. The summed E-state index contributed by atoms with van der Waals surface area (Å²) in [5.41, 5.74) is 1.21. The van der Waals surface area contributed by atoms with Gasteiger partial charge in [-0.25, -0.2) is 0 Å². The Bertz CT molecular complexity index is 188. The molecular weight excluding hydrogens is 134 g/mol. The van der Waals surface area contributed by atoms with Crippen LogP contribution >= 0.6 is 12.2 Å². The molecule has 0 bridgehead atoms. The highest BCUT2D eigenvalue weighted by Gasteiger charge is 1.84. The fraction of sp³-hybridized carbons (Fsp3) is 0. The summed E-state index contributed by atoms with van der Waals surface area (Å²) in [7, 11) is 0. The normalized spacial score (nSPS) is 8.44. The van der Waals surface area contributed by atoms with Gasteiger partial charge < -0.3 is 4.74 Å². The van der Waals surface area contributed by atoms with Crippen LogP contribution in [0.1, 0.15) is 0 Å². The monoisotopic (exact) mass is 139 g/mol. The smallest absolute Gasteiger partial charge is 0.154 e. The Kier molecular flexibility index (Phi) is 2.15. The fourth-order valence-electron chi connectivity index (χ4n) is 0.472. The maximum atomic E-state index is 4.83. The number of ether oxygens (including phenoxy) is 1. The molecule has 1 rings (SSSR count). The average molecular weight is 139 g/mol. The fourth-order valence-corrected chi connectivity index (χ4v) is 0.583. The zero-order valence-corrected chi connectivity index (χ0v) is 5.47. The summed E-state index contributed by atoms with van der Waals surface area (Å²) in [5, 5.41) is 0. The molecule has 1 aromatic rings. The Balaban J connectivity index is 2.72. The lowest BCUT2D eigenvalue weighted by molar-refractivity contribution is 0.582. The molecule has 0 aliphatic heterocycles. The molecule has 0 saturated carbocycles. The van der Waals surface area contributed by atoms with Crippen molar-refractivity contribution in [3.05, 3.63) is 24.5 Å². The molecule has 1 heterocycles. The summed E-state index contributed by atoms with van der Waals surface area (Å²) >= 11 is 4.46. The molecule has 0 unspecified atom stereocenters. The van der Waals surface area contributed by atoms with Gasteiger partial charge in [0.05, 0.1) is 6.20 Å². The highest BCUT2D eigenvalue weighted by atomic mass is 32.1. The lowest BCUT2D eigenvalue weighted by Gasteiger charge is -1.93. The second kappa shape index (κ2) is 3.14. The van der Waals surface area contributed by atoms with Crippen molar-refractivity contribution in [2.45, 2.75) is 0 Å². The number of nitrogens with zero attached hydrogens (tertiary/aromatic N) is 1. The molecule has 0 atom stereocenters. The van der Waals surface area contributed by atoms with E-state index < -0.39 is 0 Å². The van der Waals surface area contributed by atoms with Crippen LogP contribution in [0.3, 0.4) is 0 Å². The van der Waals surface area contributed by atoms with Gasteiger partial charge in [0.2, 0.25) is 0 Å². The molecule has 0 fully saturated rings. The van der Waals surface area contributed by atoms with Crippen LogP contribution in [-0.4, -0.2) is 10.5 Å². The number of hydrogen-bond donors (Lipinski definition) is 0. The summed E-state index contributed by atoms with van der Waals surface area (Å²) in [6.07, 6.45) is 3.28. The van der Waals surface area contributed by atoms with Crippen LogP contribution in [0, 0.1) is 0 Å². The molecule has 46 valence electrons. The van der Waals surface area contributed by atoms with Crippen molar-refractivity contribution in [3.63, 3.8) is 0 Å². The molecule has 0 N–H and O–H groups in total. The van der Waals surface area contributed by atoms with Gasteiger partial charge in [-0.3, -0.25) is 4.98 Å². The quantitative estimate of drug-likeness (QED) is 0.578. The molecule has 0 spiro atoms. The molecule has 0 amide bonds. The molecule has 0 aliphatic carbocycles. The minimum Gasteiger partial charge on any atom is -0.452 e. The van der Waals surface area contributed by atoms with Gasteiger partial charge in [0, 0.05) is 6.20 Å². The summed E-state index contributed by atoms with van der Waals surface area (Å²) < 4.78 is 4.83. The van der Waals surface area contributed by atoms with Crippen LogP contribution in [0.25, 0.3) is 0 Å². The van der Waals surface area contributed by atoms with E-state index in [9.17, 15) is 0 Å². The second-order valence-electron chi connectivity index (χ2n) is 1.40. The highest BCUT2D eigenvalue weighted by Crippen LogP contribution is 2.03. The third kappa shape index (κ3) is 1.77. The first-order chi connectivity index (χ1) is 4.43. The standard InChI is InChI=1S/C6H5NOS/c9-5-8-6-2-1-3-7-4-6/h1-5H. The van der Waals surface area contributed by atoms with Crippen molar-refractivity contribution < 1.29 is 4.74 Å². The van der Waals surface area contributed by atoms with Gasteiger partial charge in [-0.2, -0.15) is 0 Å². The molecule has 0 aliphatic rings. The lowest BCUT2D eigenvalue weighted by Crippen LogP contribution is -1.85. The molecule has 9 heavy (non-hydrogen) atoms. The first kappa shape index (κ1) is 6.16. The van der Waals surface area contributed by atoms with E-state index in [0.717, 1.165) is 0 Å². The van der Waals surface area contributed by atoms with Crippen LogP contribution in [0.4, 0.5) is 0 Å². The van der Waals surface area contributed by atoms with Gasteiger partial charge in [-0.1, -0.05) is 0 Å². The zero-order chi connectivity index (χ0) is 6.53. The molecule has 3 heteroatoms. The summed E-state index contributed by atoms with van der Waals surface area (Å²) in [6, 6.07) is 3.57. The van der Waals surface area contributed by atoms with Crippen LogP contribution in [-0.2, 0) is 0 Å². The summed E-state index contributed by atoms with van der Waals surface area (Å²) in [4.78, 5) is 3.81. The van der Waals surface area contributed by atoms with Crippen molar-refractivity contribution in [1.29, 1.82) is 0 Å². The van der Waals surface area contributed by atoms with Gasteiger partial charge in [-0.15, -0.1) is 0 Å². The third-order valence-electron chi connectivity index (χ3n) is 0.819. The average Bonchev–Trinajstić information content (AvgIpc) is 1.91. The number of thiocarbonyl (C=S) groups is 1. The van der Waals surface area contributed by atoms with E-state index in [4.69, 9.17) is 4.74 Å². The van der Waals surface area contributed by atoms with E-state index in [0.29, 0.717) is 5.75 Å². The molecule has 0 saturated heterocycles. The molecular formula is C6H5NOS. The van der Waals surface area contributed by atoms with Gasteiger partial charge in [0.25, 0.3) is 0 Å². The number of rotatable bonds is 2. The largest absolute Gasteiger partial charge is 0.452 e. The molecule has 1 aromatic heterocycles. The summed E-state index contributed by atoms with van der Waals surface area (Å²) in [6.45, 7) is 0. The first-order valence-electron chi connectivity index (χ1n) is 2.44. The van der Waals surface area contributed by atoms with Crippen molar-refractivity contribution in [2.75, 3.05) is 0 Å². The lowest BCUT2D eigenvalue weighted by atomic mass is 10.5. The van der Waals surface area contributed by atoms with Crippen molar-refractivity contribution in [3.8, 4) is 5.75 Å². The molecule has 0 radical (unpaired) electrons. The Morgan fingerprint density at radius 3 is 3.11 bits per heavy atom. The van der Waals surface area contributed by atoms with E-state index >= 15 is 0 Å². The van der Waals surface area contributed by atoms with E-state index in [1.54, 1.807) is 24.5 Å². The van der Waals surface area contributed by atoms with Crippen molar-refractivity contribution >= 4 is 17.8 Å². The highest BCUT2D eigenvalue weighted by molar-refractivity contribution is 7.78. The minimum atomic E-state index is 0.674. The zero-order valence-electron chi connectivity index (χ0n) is 4.65. The molecule has 0 aromatic carbocycles. The van der Waals surface area contributed by atoms with Gasteiger partial charge in [0.15, 0.2) is 5.55 Å². The van der Waals surface area contributed by atoms with Crippen LogP contribution < -0.4 is 4.74 Å². The van der Waals surface area contributed by atoms with Crippen LogP contribution in [0.2, 0.25) is 0 Å². The number of pyridine rings is 1. The van der Waals surface area contributed by atoms with Gasteiger partial charge in [-0.05, 0) is 24.4 Å². The van der Waals surface area contributed by atoms with Gasteiger partial charge in [0.1, 0.15) is 5.75 Å². The van der Waals surface area contributed by atoms with Crippen LogP contribution in [0.15, 0.2) is 24.5 Å². The summed E-state index contributed by atoms with van der Waals surface area (Å²) in [5.74, 6) is 0.674. The van der Waals surface area contributed by atoms with E-state index in [1.807, 2.05) is 0 Å². The predicted molar refractivity (Wildman–Crippen MR) is 38.5 cm³/mol. The van der Waals surface area contributed by atoms with Crippen molar-refractivity contribution in [1.82, 2.24) is 4.98 Å². The maximum Gasteiger partial charge on any atom is 0.154 e. The maximum absolute atomic E-state index is 4.83.